The van der Waals surface area contributed by atoms with E-state index in [0.29, 0.717) is 11.1 Å². The molecule has 124 valence electrons. The molecule has 0 atom stereocenters. The number of nitrogens with zero attached hydrogens (tertiary/aromatic N) is 3. The first-order chi connectivity index (χ1) is 12.0. The highest BCUT2D eigenvalue weighted by molar-refractivity contribution is 5.78. The zero-order valence-electron chi connectivity index (χ0n) is 12.9. The molecule has 0 amide bonds. The Morgan fingerprint density at radius 2 is 1.40 bits per heavy atom. The lowest BCUT2D eigenvalue weighted by atomic mass is 10.1. The highest BCUT2D eigenvalue weighted by Gasteiger charge is 2.35. The van der Waals surface area contributed by atoms with Gasteiger partial charge in [-0.05, 0) is 11.6 Å². The maximum absolute atomic E-state index is 13.5. The van der Waals surface area contributed by atoms with Crippen molar-refractivity contribution in [3.8, 4) is 22.4 Å². The molecular formula is C19H12F3N3. The second-order valence-electron chi connectivity index (χ2n) is 5.55. The van der Waals surface area contributed by atoms with Crippen LogP contribution in [0, 0.1) is 0 Å². The van der Waals surface area contributed by atoms with E-state index in [2.05, 4.69) is 10.1 Å². The Kier molecular flexibility index (Phi) is 3.53. The Balaban J connectivity index is 2.03. The summed E-state index contributed by atoms with van der Waals surface area (Å²) in [5.74, 6) is 0. The molecule has 0 aliphatic rings. The van der Waals surface area contributed by atoms with Crippen LogP contribution in [0.25, 0.3) is 28.0 Å². The molecule has 0 bridgehead atoms. The minimum Gasteiger partial charge on any atom is -0.228 e. The van der Waals surface area contributed by atoms with Gasteiger partial charge in [-0.15, -0.1) is 0 Å². The minimum absolute atomic E-state index is 0.180. The third-order valence-corrected chi connectivity index (χ3v) is 3.92. The first kappa shape index (κ1) is 15.4. The van der Waals surface area contributed by atoms with Crippen LogP contribution in [0.1, 0.15) is 5.69 Å². The van der Waals surface area contributed by atoms with Gasteiger partial charge in [0.15, 0.2) is 11.3 Å². The summed E-state index contributed by atoms with van der Waals surface area (Å²) >= 11 is 0. The fourth-order valence-electron chi connectivity index (χ4n) is 2.74. The first-order valence-electron chi connectivity index (χ1n) is 7.61. The maximum Gasteiger partial charge on any atom is 0.433 e. The molecule has 0 saturated carbocycles. The molecule has 2 aromatic carbocycles. The average Bonchev–Trinajstić information content (AvgIpc) is 3.05. The van der Waals surface area contributed by atoms with Crippen LogP contribution < -0.4 is 0 Å². The summed E-state index contributed by atoms with van der Waals surface area (Å²) in [4.78, 5) is 4.46. The van der Waals surface area contributed by atoms with Gasteiger partial charge in [-0.3, -0.25) is 0 Å². The lowest BCUT2D eigenvalue weighted by molar-refractivity contribution is -0.142. The fourth-order valence-corrected chi connectivity index (χ4v) is 2.74. The molecule has 0 fully saturated rings. The van der Waals surface area contributed by atoms with E-state index >= 15 is 0 Å². The van der Waals surface area contributed by atoms with E-state index in [4.69, 9.17) is 0 Å². The minimum atomic E-state index is -4.54. The number of alkyl halides is 3. The van der Waals surface area contributed by atoms with Gasteiger partial charge in [-0.1, -0.05) is 60.7 Å². The van der Waals surface area contributed by atoms with E-state index in [1.54, 1.807) is 30.3 Å². The van der Waals surface area contributed by atoms with Crippen molar-refractivity contribution in [2.75, 3.05) is 0 Å². The van der Waals surface area contributed by atoms with Crippen molar-refractivity contribution in [3.63, 3.8) is 0 Å². The molecule has 0 radical (unpaired) electrons. The maximum atomic E-state index is 13.5. The topological polar surface area (TPSA) is 30.2 Å². The Morgan fingerprint density at radius 1 is 0.800 bits per heavy atom. The van der Waals surface area contributed by atoms with Crippen molar-refractivity contribution in [3.05, 3.63) is 78.6 Å². The molecule has 0 saturated heterocycles. The number of rotatable bonds is 2. The molecule has 0 unspecified atom stereocenters. The second-order valence-corrected chi connectivity index (χ2v) is 5.55. The lowest BCUT2D eigenvalue weighted by Gasteiger charge is -2.11. The molecule has 4 aromatic rings. The average molecular weight is 339 g/mol. The van der Waals surface area contributed by atoms with Gasteiger partial charge in [0, 0.05) is 11.1 Å². The van der Waals surface area contributed by atoms with Gasteiger partial charge in [0.1, 0.15) is 0 Å². The highest BCUT2D eigenvalue weighted by Crippen LogP contribution is 2.34. The SMILES string of the molecule is FC(F)(F)c1cc(-c2ccccc2)nc2c(-c3ccccc3)cnn12. The number of aromatic nitrogens is 3. The van der Waals surface area contributed by atoms with Crippen molar-refractivity contribution in [2.24, 2.45) is 0 Å². The van der Waals surface area contributed by atoms with Gasteiger partial charge < -0.3 is 0 Å². The Hall–Kier alpha value is -3.15. The molecule has 2 heterocycles. The van der Waals surface area contributed by atoms with E-state index in [0.717, 1.165) is 16.1 Å². The van der Waals surface area contributed by atoms with E-state index < -0.39 is 11.9 Å². The van der Waals surface area contributed by atoms with Crippen LogP contribution >= 0.6 is 0 Å². The smallest absolute Gasteiger partial charge is 0.228 e. The Bertz CT molecular complexity index is 1020. The molecule has 0 N–H and O–H groups in total. The standard InChI is InChI=1S/C19H12F3N3/c20-19(21,22)17-11-16(14-9-5-2-6-10-14)24-18-15(12-23-25(17)18)13-7-3-1-4-8-13/h1-12H. The number of hydrogen-bond donors (Lipinski definition) is 0. The molecule has 4 rings (SSSR count). The van der Waals surface area contributed by atoms with Crippen molar-refractivity contribution < 1.29 is 13.2 Å². The number of fused-ring (bicyclic) bond motifs is 1. The quantitative estimate of drug-likeness (QED) is 0.510. The van der Waals surface area contributed by atoms with Gasteiger partial charge in [0.05, 0.1) is 11.9 Å². The summed E-state index contributed by atoms with van der Waals surface area (Å²) in [5, 5.41) is 3.93. The van der Waals surface area contributed by atoms with Crippen LogP contribution in [-0.4, -0.2) is 14.6 Å². The summed E-state index contributed by atoms with van der Waals surface area (Å²) in [6, 6.07) is 19.0. The largest absolute Gasteiger partial charge is 0.433 e. The molecule has 0 aliphatic heterocycles. The van der Waals surface area contributed by atoms with Gasteiger partial charge in [0.25, 0.3) is 0 Å². The normalized spacial score (nSPS) is 11.8. The second kappa shape index (κ2) is 5.73. The summed E-state index contributed by atoms with van der Waals surface area (Å²) in [7, 11) is 0. The van der Waals surface area contributed by atoms with Crippen LogP contribution in [0.5, 0.6) is 0 Å². The molecule has 25 heavy (non-hydrogen) atoms. The highest BCUT2D eigenvalue weighted by atomic mass is 19.4. The first-order valence-corrected chi connectivity index (χ1v) is 7.61. The van der Waals surface area contributed by atoms with Crippen LogP contribution in [0.2, 0.25) is 0 Å². The third kappa shape index (κ3) is 2.76. The Morgan fingerprint density at radius 3 is 2.00 bits per heavy atom. The van der Waals surface area contributed by atoms with E-state index in [1.807, 2.05) is 30.3 Å². The summed E-state index contributed by atoms with van der Waals surface area (Å²) < 4.78 is 41.5. The fraction of sp³-hybridized carbons (Fsp3) is 0.0526. The van der Waals surface area contributed by atoms with Crippen molar-refractivity contribution in [2.45, 2.75) is 6.18 Å². The molecule has 2 aromatic heterocycles. The van der Waals surface area contributed by atoms with Crippen LogP contribution in [0.4, 0.5) is 13.2 Å². The monoisotopic (exact) mass is 339 g/mol. The molecular weight excluding hydrogens is 327 g/mol. The van der Waals surface area contributed by atoms with Gasteiger partial charge in [-0.2, -0.15) is 18.3 Å². The van der Waals surface area contributed by atoms with Crippen LogP contribution in [-0.2, 0) is 6.18 Å². The van der Waals surface area contributed by atoms with E-state index in [9.17, 15) is 13.2 Å². The predicted octanol–water partition coefficient (Wildman–Crippen LogP) is 5.08. The zero-order chi connectivity index (χ0) is 17.4. The van der Waals surface area contributed by atoms with Crippen molar-refractivity contribution in [1.82, 2.24) is 14.6 Å². The zero-order valence-corrected chi connectivity index (χ0v) is 12.9. The summed E-state index contributed by atoms with van der Waals surface area (Å²) in [6.07, 6.45) is -3.12. The Labute approximate surface area is 141 Å². The number of hydrogen-bond acceptors (Lipinski definition) is 2. The molecule has 6 heteroatoms. The third-order valence-electron chi connectivity index (χ3n) is 3.92. The van der Waals surface area contributed by atoms with Gasteiger partial charge >= 0.3 is 6.18 Å². The number of benzene rings is 2. The van der Waals surface area contributed by atoms with Crippen molar-refractivity contribution >= 4 is 5.65 Å². The number of halogens is 3. The van der Waals surface area contributed by atoms with Crippen LogP contribution in [0.3, 0.4) is 0 Å². The van der Waals surface area contributed by atoms with E-state index in [1.165, 1.54) is 6.20 Å². The molecule has 3 nitrogen and oxygen atoms in total. The lowest BCUT2D eigenvalue weighted by Crippen LogP contribution is -2.13. The summed E-state index contributed by atoms with van der Waals surface area (Å²) in [6.45, 7) is 0. The molecule has 0 spiro atoms. The van der Waals surface area contributed by atoms with Gasteiger partial charge in [0.2, 0.25) is 0 Å². The van der Waals surface area contributed by atoms with Crippen molar-refractivity contribution in [1.29, 1.82) is 0 Å². The summed E-state index contributed by atoms with van der Waals surface area (Å²) in [5.41, 5.74) is 1.54. The molecule has 0 aliphatic carbocycles. The van der Waals surface area contributed by atoms with Crippen LogP contribution in [0.15, 0.2) is 72.9 Å². The van der Waals surface area contributed by atoms with Gasteiger partial charge in [-0.25, -0.2) is 9.50 Å². The van der Waals surface area contributed by atoms with E-state index in [-0.39, 0.29) is 11.3 Å². The predicted molar refractivity (Wildman–Crippen MR) is 88.9 cm³/mol.